The van der Waals surface area contributed by atoms with E-state index in [2.05, 4.69) is 0 Å². The lowest BCUT2D eigenvalue weighted by Gasteiger charge is -2.27. The molecular formula is C24H25NO5. The zero-order valence-corrected chi connectivity index (χ0v) is 17.5. The van der Waals surface area contributed by atoms with E-state index in [0.717, 1.165) is 12.0 Å². The molecule has 1 atom stereocenters. The van der Waals surface area contributed by atoms with E-state index >= 15 is 0 Å². The third-order valence-corrected chi connectivity index (χ3v) is 5.08. The Morgan fingerprint density at radius 1 is 1.07 bits per heavy atom. The van der Waals surface area contributed by atoms with Crippen LogP contribution in [0.25, 0.3) is 0 Å². The zero-order valence-electron chi connectivity index (χ0n) is 17.5. The van der Waals surface area contributed by atoms with Gasteiger partial charge in [-0.3, -0.25) is 19.3 Å². The summed E-state index contributed by atoms with van der Waals surface area (Å²) in [6.07, 6.45) is 0.857. The maximum atomic E-state index is 13.0. The largest absolute Gasteiger partial charge is 0.503 e. The van der Waals surface area contributed by atoms with Gasteiger partial charge in [0.2, 0.25) is 0 Å². The molecule has 30 heavy (non-hydrogen) atoms. The van der Waals surface area contributed by atoms with Crippen LogP contribution in [-0.4, -0.2) is 22.8 Å². The van der Waals surface area contributed by atoms with E-state index in [-0.39, 0.29) is 17.3 Å². The molecule has 1 aliphatic heterocycles. The molecule has 6 nitrogen and oxygen atoms in total. The number of aliphatic hydroxyl groups is 1. The minimum absolute atomic E-state index is 0.0785. The maximum absolute atomic E-state index is 13.0. The van der Waals surface area contributed by atoms with Gasteiger partial charge >= 0.3 is 5.97 Å². The molecule has 1 amide bonds. The van der Waals surface area contributed by atoms with Gasteiger partial charge in [0.1, 0.15) is 5.75 Å². The average molecular weight is 407 g/mol. The van der Waals surface area contributed by atoms with E-state index in [4.69, 9.17) is 4.74 Å². The van der Waals surface area contributed by atoms with Crippen molar-refractivity contribution in [3.63, 3.8) is 0 Å². The zero-order chi connectivity index (χ0) is 22.0. The molecule has 1 heterocycles. The predicted molar refractivity (Wildman–Crippen MR) is 113 cm³/mol. The first-order valence-electron chi connectivity index (χ1n) is 9.92. The van der Waals surface area contributed by atoms with Crippen LogP contribution in [0.4, 0.5) is 5.69 Å². The van der Waals surface area contributed by atoms with Crippen LogP contribution in [0, 0.1) is 5.92 Å². The molecule has 0 saturated carbocycles. The minimum Gasteiger partial charge on any atom is -0.503 e. The lowest BCUT2D eigenvalue weighted by Crippen LogP contribution is -2.31. The number of hydrogen-bond acceptors (Lipinski definition) is 5. The number of rotatable bonds is 6. The summed E-state index contributed by atoms with van der Waals surface area (Å²) in [7, 11) is 0. The molecule has 0 spiro atoms. The number of benzene rings is 2. The molecule has 2 aromatic carbocycles. The summed E-state index contributed by atoms with van der Waals surface area (Å²) in [6, 6.07) is 13.3. The Bertz CT molecular complexity index is 1000. The van der Waals surface area contributed by atoms with E-state index < -0.39 is 23.7 Å². The van der Waals surface area contributed by atoms with Gasteiger partial charge < -0.3 is 9.84 Å². The highest BCUT2D eigenvalue weighted by atomic mass is 16.5. The molecule has 6 heteroatoms. The number of ether oxygens (including phenoxy) is 1. The van der Waals surface area contributed by atoms with Gasteiger partial charge in [-0.15, -0.1) is 0 Å². The Labute approximate surface area is 175 Å². The molecule has 1 aliphatic rings. The molecule has 0 radical (unpaired) electrons. The van der Waals surface area contributed by atoms with E-state index in [9.17, 15) is 19.5 Å². The van der Waals surface area contributed by atoms with Gasteiger partial charge in [-0.25, -0.2) is 0 Å². The molecule has 0 saturated heterocycles. The molecule has 0 aliphatic carbocycles. The van der Waals surface area contributed by atoms with Crippen molar-refractivity contribution in [2.24, 2.45) is 5.92 Å². The average Bonchev–Trinajstić information content (AvgIpc) is 2.98. The third-order valence-electron chi connectivity index (χ3n) is 5.08. The van der Waals surface area contributed by atoms with Crippen LogP contribution in [-0.2, 0) is 20.8 Å². The first-order valence-corrected chi connectivity index (χ1v) is 9.92. The van der Waals surface area contributed by atoms with Crippen LogP contribution in [0.2, 0.25) is 0 Å². The molecule has 156 valence electrons. The predicted octanol–water partition coefficient (Wildman–Crippen LogP) is 4.30. The summed E-state index contributed by atoms with van der Waals surface area (Å²) in [6.45, 7) is 6.81. The Morgan fingerprint density at radius 2 is 1.67 bits per heavy atom. The van der Waals surface area contributed by atoms with Gasteiger partial charge in [-0.05, 0) is 41.8 Å². The van der Waals surface area contributed by atoms with Crippen molar-refractivity contribution in [2.45, 2.75) is 40.2 Å². The number of aliphatic hydroxyl groups excluding tert-OH is 1. The second kappa shape index (κ2) is 8.53. The van der Waals surface area contributed by atoms with Crippen molar-refractivity contribution < 1.29 is 24.2 Å². The van der Waals surface area contributed by atoms with Crippen LogP contribution in [0.3, 0.4) is 0 Å². The lowest BCUT2D eigenvalue weighted by molar-refractivity contribution is -0.131. The van der Waals surface area contributed by atoms with Gasteiger partial charge in [0.25, 0.3) is 5.91 Å². The minimum atomic E-state index is -0.772. The Hall–Kier alpha value is -3.41. The van der Waals surface area contributed by atoms with Crippen LogP contribution in [0.5, 0.6) is 5.75 Å². The smallest absolute Gasteiger partial charge is 0.308 e. The number of carbonyl (C=O) groups is 3. The van der Waals surface area contributed by atoms with Crippen LogP contribution in [0.15, 0.2) is 59.9 Å². The van der Waals surface area contributed by atoms with Gasteiger partial charge in [-0.2, -0.15) is 0 Å². The number of amides is 1. The van der Waals surface area contributed by atoms with Crippen LogP contribution < -0.4 is 9.64 Å². The van der Waals surface area contributed by atoms with E-state index in [0.29, 0.717) is 17.0 Å². The molecule has 0 fully saturated rings. The Morgan fingerprint density at radius 3 is 2.17 bits per heavy atom. The van der Waals surface area contributed by atoms with Crippen LogP contribution in [0.1, 0.15) is 44.9 Å². The van der Waals surface area contributed by atoms with Gasteiger partial charge in [0, 0.05) is 18.5 Å². The summed E-state index contributed by atoms with van der Waals surface area (Å²) in [4.78, 5) is 38.5. The number of ketones is 1. The van der Waals surface area contributed by atoms with E-state index in [1.54, 1.807) is 38.1 Å². The topological polar surface area (TPSA) is 83.9 Å². The first-order chi connectivity index (χ1) is 14.2. The second-order valence-electron chi connectivity index (χ2n) is 7.54. The van der Waals surface area contributed by atoms with Gasteiger partial charge in [0.05, 0.1) is 11.6 Å². The quantitative estimate of drug-likeness (QED) is 0.570. The van der Waals surface area contributed by atoms with Crippen molar-refractivity contribution in [3.05, 3.63) is 71.0 Å². The number of aryl methyl sites for hydroxylation is 1. The fourth-order valence-corrected chi connectivity index (χ4v) is 3.53. The highest BCUT2D eigenvalue weighted by Crippen LogP contribution is 2.42. The number of hydrogen-bond donors (Lipinski definition) is 1. The number of esters is 1. The highest BCUT2D eigenvalue weighted by molar-refractivity contribution is 6.16. The van der Waals surface area contributed by atoms with Gasteiger partial charge in [-0.1, -0.05) is 45.0 Å². The highest BCUT2D eigenvalue weighted by Gasteiger charge is 2.44. The molecule has 1 unspecified atom stereocenters. The summed E-state index contributed by atoms with van der Waals surface area (Å²) >= 11 is 0. The maximum Gasteiger partial charge on any atom is 0.308 e. The van der Waals surface area contributed by atoms with Gasteiger partial charge in [0.15, 0.2) is 11.5 Å². The molecule has 2 aromatic rings. The van der Waals surface area contributed by atoms with E-state index in [1.807, 2.05) is 31.2 Å². The monoisotopic (exact) mass is 407 g/mol. The number of nitrogens with zero attached hydrogens (tertiary/aromatic N) is 1. The molecule has 3 rings (SSSR count). The van der Waals surface area contributed by atoms with Crippen molar-refractivity contribution in [2.75, 3.05) is 4.90 Å². The van der Waals surface area contributed by atoms with Crippen LogP contribution >= 0.6 is 0 Å². The molecule has 0 aromatic heterocycles. The Balaban J connectivity index is 2.10. The summed E-state index contributed by atoms with van der Waals surface area (Å²) in [5, 5.41) is 10.6. The van der Waals surface area contributed by atoms with Crippen molar-refractivity contribution in [1.29, 1.82) is 0 Å². The standard InChI is InChI=1S/C24H25NO5/c1-5-16-6-10-18(11-7-16)25-21(17-8-12-19(13-9-17)30-15(4)26)20(22(27)14(2)3)23(28)24(25)29/h6-14,21,28H,5H2,1-4H3. The number of anilines is 1. The fraction of sp³-hybridized carbons (Fsp3) is 0.292. The number of Topliss-reactive ketones (excluding diaryl/α,β-unsaturated/α-hetero) is 1. The normalized spacial score (nSPS) is 16.4. The fourth-order valence-electron chi connectivity index (χ4n) is 3.53. The second-order valence-corrected chi connectivity index (χ2v) is 7.54. The molecular weight excluding hydrogens is 382 g/mol. The SMILES string of the molecule is CCc1ccc(N2C(=O)C(O)=C(C(=O)C(C)C)C2c2ccc(OC(C)=O)cc2)cc1. The molecule has 0 bridgehead atoms. The molecule has 1 N–H and O–H groups in total. The summed E-state index contributed by atoms with van der Waals surface area (Å²) in [5.41, 5.74) is 2.41. The van der Waals surface area contributed by atoms with Crippen molar-refractivity contribution in [3.8, 4) is 5.75 Å². The lowest BCUT2D eigenvalue weighted by atomic mass is 9.91. The number of carbonyl (C=O) groups excluding carboxylic acids is 3. The van der Waals surface area contributed by atoms with Crippen molar-refractivity contribution >= 4 is 23.3 Å². The van der Waals surface area contributed by atoms with Crippen molar-refractivity contribution in [1.82, 2.24) is 0 Å². The summed E-state index contributed by atoms with van der Waals surface area (Å²) in [5.74, 6) is -1.90. The first kappa shape index (κ1) is 21.3. The Kier molecular flexibility index (Phi) is 6.06. The third kappa shape index (κ3) is 3.99. The summed E-state index contributed by atoms with van der Waals surface area (Å²) < 4.78 is 5.08. The van der Waals surface area contributed by atoms with E-state index in [1.165, 1.54) is 11.8 Å².